The second-order valence-electron chi connectivity index (χ2n) is 7.30. The summed E-state index contributed by atoms with van der Waals surface area (Å²) in [6.45, 7) is 2.83. The molecule has 0 bridgehead atoms. The van der Waals surface area contributed by atoms with Crippen molar-refractivity contribution in [2.45, 2.75) is 63.5 Å². The predicted molar refractivity (Wildman–Crippen MR) is 97.9 cm³/mol. The largest absolute Gasteiger partial charge is 0.480 e. The quantitative estimate of drug-likeness (QED) is 0.321. The summed E-state index contributed by atoms with van der Waals surface area (Å²) in [5, 5.41) is 30.7. The van der Waals surface area contributed by atoms with Gasteiger partial charge in [-0.05, 0) is 44.0 Å². The number of carbonyl (C=O) groups is 1. The summed E-state index contributed by atoms with van der Waals surface area (Å²) in [6, 6.07) is 8.66. The van der Waals surface area contributed by atoms with Gasteiger partial charge in [0.2, 0.25) is 0 Å². The minimum Gasteiger partial charge on any atom is -0.480 e. The molecule has 1 saturated carbocycles. The highest BCUT2D eigenvalue weighted by molar-refractivity contribution is 6.40. The van der Waals surface area contributed by atoms with Gasteiger partial charge in [-0.15, -0.1) is 0 Å². The molecule has 7 heteroatoms. The number of carboxylic acids is 1. The number of aliphatic carboxylic acids is 1. The molecule has 1 aromatic carbocycles. The van der Waals surface area contributed by atoms with Crippen LogP contribution in [0.1, 0.15) is 43.2 Å². The Morgan fingerprint density at radius 2 is 1.92 bits per heavy atom. The van der Waals surface area contributed by atoms with Crippen molar-refractivity contribution in [3.05, 3.63) is 35.4 Å². The Kier molecular flexibility index (Phi) is 7.01. The molecule has 1 fully saturated rings. The Labute approximate surface area is 149 Å². The van der Waals surface area contributed by atoms with E-state index in [-0.39, 0.29) is 12.2 Å². The molecule has 0 saturated heterocycles. The fourth-order valence-electron chi connectivity index (χ4n) is 3.40. The molecule has 1 aliphatic carbocycles. The van der Waals surface area contributed by atoms with E-state index in [1.54, 1.807) is 0 Å². The van der Waals surface area contributed by atoms with Crippen LogP contribution in [0.2, 0.25) is 6.32 Å². The van der Waals surface area contributed by atoms with E-state index in [1.165, 1.54) is 11.1 Å². The Bertz CT molecular complexity index is 561. The Morgan fingerprint density at radius 3 is 2.48 bits per heavy atom. The third-order valence-corrected chi connectivity index (χ3v) is 5.28. The molecular formula is C18H29BN2O4. The average molecular weight is 348 g/mol. The fraction of sp³-hybridized carbons (Fsp3) is 0.611. The van der Waals surface area contributed by atoms with Crippen molar-refractivity contribution in [3.8, 4) is 0 Å². The van der Waals surface area contributed by atoms with E-state index in [0.717, 1.165) is 19.4 Å². The van der Waals surface area contributed by atoms with E-state index in [2.05, 4.69) is 36.5 Å². The topological polar surface area (TPSA) is 116 Å². The van der Waals surface area contributed by atoms with Gasteiger partial charge in [0, 0.05) is 12.6 Å². The van der Waals surface area contributed by atoms with Gasteiger partial charge in [-0.25, -0.2) is 0 Å². The molecule has 6 N–H and O–H groups in total. The monoisotopic (exact) mass is 348 g/mol. The third kappa shape index (κ3) is 5.54. The molecule has 6 nitrogen and oxygen atoms in total. The van der Waals surface area contributed by atoms with Crippen molar-refractivity contribution in [1.82, 2.24) is 5.32 Å². The highest BCUT2D eigenvalue weighted by Crippen LogP contribution is 2.38. The lowest BCUT2D eigenvalue weighted by molar-refractivity contribution is -0.148. The van der Waals surface area contributed by atoms with Crippen LogP contribution in [-0.2, 0) is 11.3 Å². The molecule has 1 unspecified atom stereocenters. The molecule has 1 aromatic rings. The SMILES string of the molecule is Cc1ccc(CNC2CC(C(N)(CCCCB(O)O)C(=O)O)C2)cc1. The van der Waals surface area contributed by atoms with Gasteiger partial charge in [0.05, 0.1) is 0 Å². The molecular weight excluding hydrogens is 319 g/mol. The first-order valence-corrected chi connectivity index (χ1v) is 8.98. The average Bonchev–Trinajstić information content (AvgIpc) is 2.51. The predicted octanol–water partition coefficient (Wildman–Crippen LogP) is 1.29. The molecule has 1 aliphatic rings. The van der Waals surface area contributed by atoms with Crippen molar-refractivity contribution in [2.75, 3.05) is 0 Å². The third-order valence-electron chi connectivity index (χ3n) is 5.28. The van der Waals surface area contributed by atoms with Crippen LogP contribution in [0.15, 0.2) is 24.3 Å². The molecule has 0 spiro atoms. The van der Waals surface area contributed by atoms with E-state index in [9.17, 15) is 9.90 Å². The van der Waals surface area contributed by atoms with Gasteiger partial charge < -0.3 is 26.2 Å². The van der Waals surface area contributed by atoms with Crippen LogP contribution in [0.5, 0.6) is 0 Å². The number of benzene rings is 1. The zero-order chi connectivity index (χ0) is 18.4. The summed E-state index contributed by atoms with van der Waals surface area (Å²) in [5.74, 6) is -1.00. The van der Waals surface area contributed by atoms with Gasteiger partial charge in [-0.3, -0.25) is 4.79 Å². The lowest BCUT2D eigenvalue weighted by Crippen LogP contribution is -2.61. The normalized spacial score (nSPS) is 22.1. The van der Waals surface area contributed by atoms with Crippen LogP contribution in [0.3, 0.4) is 0 Å². The summed E-state index contributed by atoms with van der Waals surface area (Å²) in [5.41, 5.74) is 7.43. The van der Waals surface area contributed by atoms with E-state index < -0.39 is 18.6 Å². The van der Waals surface area contributed by atoms with Gasteiger partial charge in [-0.1, -0.05) is 42.7 Å². The second-order valence-corrected chi connectivity index (χ2v) is 7.30. The molecule has 0 aromatic heterocycles. The molecule has 25 heavy (non-hydrogen) atoms. The highest BCUT2D eigenvalue weighted by Gasteiger charge is 2.47. The zero-order valence-corrected chi connectivity index (χ0v) is 14.8. The second kappa shape index (κ2) is 8.80. The molecule has 1 atom stereocenters. The summed E-state index contributed by atoms with van der Waals surface area (Å²) < 4.78 is 0. The van der Waals surface area contributed by atoms with Crippen LogP contribution in [0.4, 0.5) is 0 Å². The van der Waals surface area contributed by atoms with Gasteiger partial charge in [-0.2, -0.15) is 0 Å². The first-order chi connectivity index (χ1) is 11.8. The van der Waals surface area contributed by atoms with E-state index in [1.807, 2.05) is 0 Å². The molecule has 0 radical (unpaired) electrons. The van der Waals surface area contributed by atoms with Crippen molar-refractivity contribution in [3.63, 3.8) is 0 Å². The molecule has 0 amide bonds. The Hall–Kier alpha value is -1.41. The zero-order valence-electron chi connectivity index (χ0n) is 14.8. The maximum Gasteiger partial charge on any atom is 0.451 e. The number of nitrogens with one attached hydrogen (secondary N) is 1. The van der Waals surface area contributed by atoms with Crippen LogP contribution in [0.25, 0.3) is 0 Å². The van der Waals surface area contributed by atoms with E-state index >= 15 is 0 Å². The lowest BCUT2D eigenvalue weighted by atomic mass is 9.66. The first kappa shape index (κ1) is 19.9. The van der Waals surface area contributed by atoms with Gasteiger partial charge in [0.15, 0.2) is 0 Å². The standard InChI is InChI=1S/C18H29BN2O4/c1-13-4-6-14(7-5-13)12-21-16-10-15(11-16)18(20,17(22)23)8-2-3-9-19(24)25/h4-7,15-16,21,24-25H,2-3,8-12,20H2,1H3,(H,22,23). The van der Waals surface area contributed by atoms with Crippen molar-refractivity contribution in [1.29, 1.82) is 0 Å². The number of unbranched alkanes of at least 4 members (excludes halogenated alkanes) is 1. The summed E-state index contributed by atoms with van der Waals surface area (Å²) in [7, 11) is -1.34. The maximum absolute atomic E-state index is 11.7. The van der Waals surface area contributed by atoms with Gasteiger partial charge in [0.25, 0.3) is 0 Å². The number of hydrogen-bond donors (Lipinski definition) is 5. The number of aryl methyl sites for hydroxylation is 1. The fourth-order valence-corrected chi connectivity index (χ4v) is 3.40. The number of rotatable bonds is 10. The number of hydrogen-bond acceptors (Lipinski definition) is 5. The van der Waals surface area contributed by atoms with Gasteiger partial charge >= 0.3 is 13.1 Å². The Morgan fingerprint density at radius 1 is 1.28 bits per heavy atom. The van der Waals surface area contributed by atoms with Crippen molar-refractivity contribution < 1.29 is 19.9 Å². The molecule has 2 rings (SSSR count). The van der Waals surface area contributed by atoms with Crippen LogP contribution in [0, 0.1) is 12.8 Å². The summed E-state index contributed by atoms with van der Waals surface area (Å²) in [6.07, 6.45) is 3.28. The number of carboxylic acid groups (broad SMARTS) is 1. The van der Waals surface area contributed by atoms with E-state index in [0.29, 0.717) is 25.3 Å². The minimum absolute atomic E-state index is 0.0421. The highest BCUT2D eigenvalue weighted by atomic mass is 16.4. The van der Waals surface area contributed by atoms with Crippen LogP contribution >= 0.6 is 0 Å². The smallest absolute Gasteiger partial charge is 0.451 e. The molecule has 138 valence electrons. The van der Waals surface area contributed by atoms with Crippen molar-refractivity contribution in [2.24, 2.45) is 11.7 Å². The van der Waals surface area contributed by atoms with Gasteiger partial charge in [0.1, 0.15) is 5.54 Å². The first-order valence-electron chi connectivity index (χ1n) is 8.98. The summed E-state index contributed by atoms with van der Waals surface area (Å²) in [4.78, 5) is 11.7. The van der Waals surface area contributed by atoms with Crippen molar-refractivity contribution >= 4 is 13.1 Å². The minimum atomic E-state index is -1.34. The molecule has 0 heterocycles. The Balaban J connectivity index is 1.76. The summed E-state index contributed by atoms with van der Waals surface area (Å²) >= 11 is 0. The van der Waals surface area contributed by atoms with Crippen LogP contribution in [-0.4, -0.2) is 39.8 Å². The lowest BCUT2D eigenvalue weighted by Gasteiger charge is -2.45. The molecule has 0 aliphatic heterocycles. The number of nitrogens with two attached hydrogens (primary N) is 1. The van der Waals surface area contributed by atoms with Crippen LogP contribution < -0.4 is 11.1 Å². The van der Waals surface area contributed by atoms with E-state index in [4.69, 9.17) is 15.8 Å². The maximum atomic E-state index is 11.7.